The zero-order valence-electron chi connectivity index (χ0n) is 15.6. The first-order chi connectivity index (χ1) is 13.1. The summed E-state index contributed by atoms with van der Waals surface area (Å²) in [6, 6.07) is 9.43. The molecule has 2 rings (SSSR count). The van der Waals surface area contributed by atoms with Gasteiger partial charge in [-0.3, -0.25) is 15.0 Å². The summed E-state index contributed by atoms with van der Waals surface area (Å²) in [7, 11) is -2.60. The summed E-state index contributed by atoms with van der Waals surface area (Å²) in [5, 5.41) is 0. The lowest BCUT2D eigenvalue weighted by Gasteiger charge is -2.14. The first-order valence-corrected chi connectivity index (χ1v) is 9.69. The molecule has 4 N–H and O–H groups in total. The molecule has 0 fully saturated rings. The Hall–Kier alpha value is -3.11. The average Bonchev–Trinajstić information content (AvgIpc) is 2.66. The van der Waals surface area contributed by atoms with Crippen LogP contribution in [0.2, 0.25) is 0 Å². The molecule has 0 saturated heterocycles. The van der Waals surface area contributed by atoms with Crippen molar-refractivity contribution in [2.24, 2.45) is 5.73 Å². The number of sulfonamides is 1. The summed E-state index contributed by atoms with van der Waals surface area (Å²) in [6.45, 7) is 3.70. The van der Waals surface area contributed by atoms with Gasteiger partial charge in [-0.2, -0.15) is 0 Å². The molecule has 0 bridgehead atoms. The number of ether oxygens (including phenoxy) is 2. The Morgan fingerprint density at radius 2 is 1.61 bits per heavy atom. The summed E-state index contributed by atoms with van der Waals surface area (Å²) in [5.74, 6) is -0.564. The summed E-state index contributed by atoms with van der Waals surface area (Å²) in [6.07, 6.45) is -0.0821. The van der Waals surface area contributed by atoms with E-state index in [1.54, 1.807) is 6.07 Å². The molecule has 0 aromatic heterocycles. The molecule has 0 aliphatic heterocycles. The van der Waals surface area contributed by atoms with Crippen LogP contribution >= 0.6 is 0 Å². The third-order valence-corrected chi connectivity index (χ3v) is 4.80. The molecule has 2 aromatic carbocycles. The zero-order valence-corrected chi connectivity index (χ0v) is 16.4. The topological polar surface area (TPSA) is 137 Å². The Bertz CT molecular complexity index is 971. The lowest BCUT2D eigenvalue weighted by Crippen LogP contribution is -2.41. The first-order valence-electron chi connectivity index (χ1n) is 8.20. The maximum atomic E-state index is 12.3. The van der Waals surface area contributed by atoms with Gasteiger partial charge in [0.05, 0.1) is 18.1 Å². The van der Waals surface area contributed by atoms with Crippen LogP contribution in [0.5, 0.6) is 11.5 Å². The van der Waals surface area contributed by atoms with Crippen LogP contribution in [0.15, 0.2) is 47.4 Å². The molecular weight excluding hydrogens is 386 g/mol. The molecule has 0 heterocycles. The Morgan fingerprint density at radius 3 is 2.14 bits per heavy atom. The fourth-order valence-corrected chi connectivity index (χ4v) is 3.04. The minimum atomic E-state index is -4.04. The molecule has 0 atom stereocenters. The lowest BCUT2D eigenvalue weighted by molar-refractivity contribution is 0.0943. The van der Waals surface area contributed by atoms with Gasteiger partial charge in [0.25, 0.3) is 15.9 Å². The molecule has 0 radical (unpaired) electrons. The molecule has 150 valence electrons. The van der Waals surface area contributed by atoms with Crippen molar-refractivity contribution in [1.82, 2.24) is 10.3 Å². The first kappa shape index (κ1) is 21.2. The number of carbonyl (C=O) groups excluding carboxylic acids is 2. The lowest BCUT2D eigenvalue weighted by atomic mass is 10.2. The van der Waals surface area contributed by atoms with E-state index in [9.17, 15) is 18.0 Å². The smallest absolute Gasteiger partial charge is 0.266 e. The predicted molar refractivity (Wildman–Crippen MR) is 102 cm³/mol. The maximum absolute atomic E-state index is 12.3. The predicted octanol–water partition coefficient (Wildman–Crippen LogP) is 1.20. The van der Waals surface area contributed by atoms with Crippen molar-refractivity contribution in [2.75, 3.05) is 7.11 Å². The fraction of sp³-hybridized carbons (Fsp3) is 0.222. The van der Waals surface area contributed by atoms with Crippen LogP contribution in [0.4, 0.5) is 0 Å². The van der Waals surface area contributed by atoms with Crippen molar-refractivity contribution in [2.45, 2.75) is 24.8 Å². The molecule has 0 saturated carbocycles. The second-order valence-corrected chi connectivity index (χ2v) is 7.66. The van der Waals surface area contributed by atoms with Crippen LogP contribution in [-0.2, 0) is 10.0 Å². The molecule has 0 spiro atoms. The number of carbonyl (C=O) groups is 2. The van der Waals surface area contributed by atoms with E-state index in [4.69, 9.17) is 15.2 Å². The van der Waals surface area contributed by atoms with E-state index in [-0.39, 0.29) is 22.1 Å². The third kappa shape index (κ3) is 5.21. The average molecular weight is 407 g/mol. The van der Waals surface area contributed by atoms with Gasteiger partial charge in [0, 0.05) is 11.1 Å². The minimum absolute atomic E-state index is 0.0821. The van der Waals surface area contributed by atoms with Crippen LogP contribution in [0.25, 0.3) is 0 Å². The highest BCUT2D eigenvalue weighted by Gasteiger charge is 2.17. The number of amides is 2. The number of benzene rings is 2. The van der Waals surface area contributed by atoms with Crippen molar-refractivity contribution in [3.8, 4) is 11.5 Å². The highest BCUT2D eigenvalue weighted by atomic mass is 32.2. The number of nitrogens with one attached hydrogen (secondary N) is 2. The number of primary amides is 1. The number of hydrazine groups is 1. The van der Waals surface area contributed by atoms with Gasteiger partial charge in [-0.1, -0.05) is 0 Å². The second-order valence-electron chi connectivity index (χ2n) is 5.98. The Kier molecular flexibility index (Phi) is 6.60. The van der Waals surface area contributed by atoms with E-state index in [1.165, 1.54) is 43.5 Å². The SMILES string of the molecule is COc1cc(C(=O)NNS(=O)(=O)c2ccc(C(N)=O)cc2)ccc1OC(C)C. The molecule has 2 amide bonds. The van der Waals surface area contributed by atoms with Gasteiger partial charge in [-0.25, -0.2) is 8.42 Å². The quantitative estimate of drug-likeness (QED) is 0.563. The highest BCUT2D eigenvalue weighted by molar-refractivity contribution is 7.89. The summed E-state index contributed by atoms with van der Waals surface area (Å²) < 4.78 is 35.3. The summed E-state index contributed by atoms with van der Waals surface area (Å²) in [4.78, 5) is 25.2. The van der Waals surface area contributed by atoms with Crippen molar-refractivity contribution < 1.29 is 27.5 Å². The standard InChI is InChI=1S/C18H21N3O6S/c1-11(2)27-15-9-6-13(10-16(15)26-3)18(23)20-21-28(24,25)14-7-4-12(5-8-14)17(19)22/h4-11,21H,1-3H3,(H2,19,22)(H,20,23). The van der Waals surface area contributed by atoms with Crippen molar-refractivity contribution in [1.29, 1.82) is 0 Å². The van der Waals surface area contributed by atoms with Crippen LogP contribution in [0.1, 0.15) is 34.6 Å². The van der Waals surface area contributed by atoms with Gasteiger partial charge in [0.1, 0.15) is 0 Å². The van der Waals surface area contributed by atoms with Crippen molar-refractivity contribution in [3.05, 3.63) is 53.6 Å². The highest BCUT2D eigenvalue weighted by Crippen LogP contribution is 2.28. The van der Waals surface area contributed by atoms with Gasteiger partial charge in [0.15, 0.2) is 11.5 Å². The minimum Gasteiger partial charge on any atom is -0.493 e. The number of rotatable bonds is 8. The Morgan fingerprint density at radius 1 is 1.00 bits per heavy atom. The zero-order chi connectivity index (χ0) is 20.9. The summed E-state index contributed by atoms with van der Waals surface area (Å²) in [5.41, 5.74) is 7.57. The third-order valence-electron chi connectivity index (χ3n) is 3.54. The number of methoxy groups -OCH3 is 1. The van der Waals surface area contributed by atoms with Crippen molar-refractivity contribution >= 4 is 21.8 Å². The van der Waals surface area contributed by atoms with E-state index < -0.39 is 21.8 Å². The molecule has 2 aromatic rings. The molecule has 28 heavy (non-hydrogen) atoms. The van der Waals surface area contributed by atoms with Crippen LogP contribution in [-0.4, -0.2) is 33.4 Å². The van der Waals surface area contributed by atoms with Crippen LogP contribution in [0.3, 0.4) is 0 Å². The van der Waals surface area contributed by atoms with Gasteiger partial charge in [0.2, 0.25) is 5.91 Å². The normalized spacial score (nSPS) is 11.1. The van der Waals surface area contributed by atoms with E-state index in [0.29, 0.717) is 11.5 Å². The fourth-order valence-electron chi connectivity index (χ4n) is 2.20. The molecule has 0 aliphatic carbocycles. The van der Waals surface area contributed by atoms with E-state index in [1.807, 2.05) is 18.7 Å². The molecule has 9 nitrogen and oxygen atoms in total. The summed E-state index contributed by atoms with van der Waals surface area (Å²) >= 11 is 0. The van der Waals surface area contributed by atoms with Crippen molar-refractivity contribution in [3.63, 3.8) is 0 Å². The van der Waals surface area contributed by atoms with Gasteiger partial charge < -0.3 is 15.2 Å². The number of hydrogen-bond acceptors (Lipinski definition) is 6. The Labute approximate surface area is 162 Å². The van der Waals surface area contributed by atoms with Crippen LogP contribution in [0, 0.1) is 0 Å². The largest absolute Gasteiger partial charge is 0.493 e. The number of nitrogens with two attached hydrogens (primary N) is 1. The molecule has 0 unspecified atom stereocenters. The molecule has 10 heteroatoms. The van der Waals surface area contributed by atoms with E-state index in [0.717, 1.165) is 0 Å². The van der Waals surface area contributed by atoms with Gasteiger partial charge in [-0.15, -0.1) is 4.83 Å². The van der Waals surface area contributed by atoms with Gasteiger partial charge in [-0.05, 0) is 56.3 Å². The van der Waals surface area contributed by atoms with Gasteiger partial charge >= 0.3 is 0 Å². The molecular formula is C18H21N3O6S. The van der Waals surface area contributed by atoms with E-state index >= 15 is 0 Å². The molecule has 0 aliphatic rings. The van der Waals surface area contributed by atoms with E-state index in [2.05, 4.69) is 5.43 Å². The van der Waals surface area contributed by atoms with Crippen LogP contribution < -0.4 is 25.5 Å². The Balaban J connectivity index is 2.11. The maximum Gasteiger partial charge on any atom is 0.266 e. The monoisotopic (exact) mass is 407 g/mol. The number of hydrogen-bond donors (Lipinski definition) is 3. The second kappa shape index (κ2) is 8.72.